The van der Waals surface area contributed by atoms with E-state index in [9.17, 15) is 14.0 Å². The number of H-pyrrole nitrogens is 1. The summed E-state index contributed by atoms with van der Waals surface area (Å²) in [5.41, 5.74) is 0.653. The van der Waals surface area contributed by atoms with E-state index in [1.54, 1.807) is 12.1 Å². The molecule has 4 rings (SSSR count). The summed E-state index contributed by atoms with van der Waals surface area (Å²) in [6.45, 7) is 0.0257. The molecular weight excluding hydrogens is 349 g/mol. The molecule has 1 fully saturated rings. The second-order valence-electron chi connectivity index (χ2n) is 6.83. The minimum absolute atomic E-state index is 0.0257. The summed E-state index contributed by atoms with van der Waals surface area (Å²) < 4.78 is 13.1. The molecule has 0 spiro atoms. The highest BCUT2D eigenvalue weighted by Gasteiger charge is 2.40. The molecule has 3 amide bonds. The Morgan fingerprint density at radius 1 is 1.11 bits per heavy atom. The van der Waals surface area contributed by atoms with Crippen molar-refractivity contribution < 1.29 is 14.0 Å². The van der Waals surface area contributed by atoms with E-state index >= 15 is 0 Å². The van der Waals surface area contributed by atoms with Crippen molar-refractivity contribution in [3.05, 3.63) is 48.1 Å². The van der Waals surface area contributed by atoms with Crippen LogP contribution in [0.1, 0.15) is 31.5 Å². The molecule has 2 aliphatic rings. The molecule has 8 heteroatoms. The third-order valence-electron chi connectivity index (χ3n) is 5.02. The quantitative estimate of drug-likeness (QED) is 0.814. The van der Waals surface area contributed by atoms with E-state index in [4.69, 9.17) is 0 Å². The molecule has 140 valence electrons. The number of allylic oxidation sites excluding steroid dienone is 2. The minimum Gasteiger partial charge on any atom is -0.334 e. The Hall–Kier alpha value is -3.03. The lowest BCUT2D eigenvalue weighted by Crippen LogP contribution is -2.59. The highest BCUT2D eigenvalue weighted by molar-refractivity contribution is 5.98. The van der Waals surface area contributed by atoms with E-state index in [0.717, 1.165) is 19.3 Å². The zero-order valence-corrected chi connectivity index (χ0v) is 14.7. The summed E-state index contributed by atoms with van der Waals surface area (Å²) >= 11 is 0. The second kappa shape index (κ2) is 7.30. The Bertz CT molecular complexity index is 876. The fourth-order valence-electron chi connectivity index (χ4n) is 3.59. The molecule has 1 aromatic heterocycles. The number of imide groups is 1. The number of benzene rings is 1. The van der Waals surface area contributed by atoms with Gasteiger partial charge >= 0.3 is 6.03 Å². The lowest BCUT2D eigenvalue weighted by molar-refractivity contribution is -0.136. The Balaban J connectivity index is 1.50. The van der Waals surface area contributed by atoms with Gasteiger partial charge in [0, 0.05) is 11.6 Å². The van der Waals surface area contributed by atoms with Gasteiger partial charge in [0.05, 0.1) is 12.5 Å². The lowest BCUT2D eigenvalue weighted by atomic mass is 9.86. The van der Waals surface area contributed by atoms with Crippen molar-refractivity contribution in [2.24, 2.45) is 5.92 Å². The van der Waals surface area contributed by atoms with Crippen molar-refractivity contribution in [3.63, 3.8) is 0 Å². The largest absolute Gasteiger partial charge is 0.334 e. The fraction of sp³-hybridized carbons (Fsp3) is 0.368. The van der Waals surface area contributed by atoms with Crippen molar-refractivity contribution in [1.29, 1.82) is 0 Å². The predicted molar refractivity (Wildman–Crippen MR) is 95.7 cm³/mol. The van der Waals surface area contributed by atoms with Crippen molar-refractivity contribution in [1.82, 2.24) is 25.4 Å². The Labute approximate surface area is 155 Å². The fourth-order valence-corrected chi connectivity index (χ4v) is 3.59. The standard InChI is InChI=1S/C19H20FN5O2/c20-13-9-7-12(8-10-13)17-22-16(23-24-17)11-25-18(26)14-5-3-1-2-4-6-15(14)21-19(25)27/h1-2,7-10,14-15H,3-6,11H2,(H,21,27)(H,22,23,24)/b2-1-/t14-,15+/m0/s1. The summed E-state index contributed by atoms with van der Waals surface area (Å²) in [5, 5.41) is 9.82. The molecule has 0 saturated carbocycles. The van der Waals surface area contributed by atoms with Gasteiger partial charge in [0.1, 0.15) is 11.6 Å². The van der Waals surface area contributed by atoms with Crippen LogP contribution in [0.3, 0.4) is 0 Å². The normalized spacial score (nSPS) is 24.0. The minimum atomic E-state index is -0.398. The topological polar surface area (TPSA) is 91.0 Å². The van der Waals surface area contributed by atoms with Gasteiger partial charge in [0.25, 0.3) is 0 Å². The monoisotopic (exact) mass is 369 g/mol. The third kappa shape index (κ3) is 3.60. The first-order valence-electron chi connectivity index (χ1n) is 9.06. The maximum absolute atomic E-state index is 13.1. The molecule has 1 aliphatic carbocycles. The van der Waals surface area contributed by atoms with E-state index in [1.165, 1.54) is 17.0 Å². The van der Waals surface area contributed by atoms with Crippen LogP contribution in [0, 0.1) is 11.7 Å². The first-order chi connectivity index (χ1) is 13.1. The molecule has 1 aromatic carbocycles. The zero-order chi connectivity index (χ0) is 18.8. The molecule has 2 aromatic rings. The number of nitrogens with zero attached hydrogens (tertiary/aromatic N) is 3. The van der Waals surface area contributed by atoms with Gasteiger partial charge in [-0.15, -0.1) is 0 Å². The second-order valence-corrected chi connectivity index (χ2v) is 6.83. The maximum Gasteiger partial charge on any atom is 0.324 e. The van der Waals surface area contributed by atoms with Gasteiger partial charge in [-0.25, -0.2) is 14.2 Å². The van der Waals surface area contributed by atoms with E-state index in [-0.39, 0.29) is 30.2 Å². The summed E-state index contributed by atoms with van der Waals surface area (Å²) in [6.07, 6.45) is 7.36. The molecule has 2 atom stereocenters. The summed E-state index contributed by atoms with van der Waals surface area (Å²) in [4.78, 5) is 30.9. The third-order valence-corrected chi connectivity index (χ3v) is 5.02. The summed E-state index contributed by atoms with van der Waals surface area (Å²) in [7, 11) is 0. The van der Waals surface area contributed by atoms with Gasteiger partial charge in [-0.2, -0.15) is 5.10 Å². The van der Waals surface area contributed by atoms with Crippen LogP contribution in [0.25, 0.3) is 11.4 Å². The van der Waals surface area contributed by atoms with Crippen LogP contribution >= 0.6 is 0 Å². The first-order valence-corrected chi connectivity index (χ1v) is 9.06. The van der Waals surface area contributed by atoms with Gasteiger partial charge in [-0.1, -0.05) is 12.2 Å². The summed E-state index contributed by atoms with van der Waals surface area (Å²) in [6, 6.07) is 5.30. The van der Waals surface area contributed by atoms with Crippen LogP contribution in [0.2, 0.25) is 0 Å². The maximum atomic E-state index is 13.1. The number of halogens is 1. The number of aromatic amines is 1. The van der Waals surface area contributed by atoms with Crippen LogP contribution in [0.4, 0.5) is 9.18 Å². The highest BCUT2D eigenvalue weighted by Crippen LogP contribution is 2.26. The molecule has 2 heterocycles. The number of carbonyl (C=O) groups excluding carboxylic acids is 2. The SMILES string of the molecule is O=C1N[C@@H]2CC/C=C\CC[C@@H]2C(=O)N1Cc1nc(-c2ccc(F)cc2)n[nH]1. The number of hydrogen-bond acceptors (Lipinski definition) is 4. The number of rotatable bonds is 3. The van der Waals surface area contributed by atoms with Crippen LogP contribution in [-0.4, -0.2) is 38.1 Å². The van der Waals surface area contributed by atoms with Crippen LogP contribution < -0.4 is 5.32 Å². The van der Waals surface area contributed by atoms with Crippen molar-refractivity contribution in [2.45, 2.75) is 38.3 Å². The van der Waals surface area contributed by atoms with Gasteiger partial charge in [0.15, 0.2) is 5.82 Å². The number of carbonyl (C=O) groups is 2. The Morgan fingerprint density at radius 3 is 2.63 bits per heavy atom. The number of fused-ring (bicyclic) bond motifs is 1. The highest BCUT2D eigenvalue weighted by atomic mass is 19.1. The molecule has 27 heavy (non-hydrogen) atoms. The van der Waals surface area contributed by atoms with E-state index in [2.05, 4.69) is 32.7 Å². The molecule has 2 N–H and O–H groups in total. The van der Waals surface area contributed by atoms with Gasteiger partial charge in [0.2, 0.25) is 5.91 Å². The van der Waals surface area contributed by atoms with E-state index in [0.29, 0.717) is 23.6 Å². The average molecular weight is 369 g/mol. The molecule has 0 unspecified atom stereocenters. The zero-order valence-electron chi connectivity index (χ0n) is 14.7. The predicted octanol–water partition coefficient (Wildman–Crippen LogP) is 2.78. The molecule has 1 saturated heterocycles. The van der Waals surface area contributed by atoms with Crippen molar-refractivity contribution >= 4 is 11.9 Å². The first kappa shape index (κ1) is 17.4. The van der Waals surface area contributed by atoms with Gasteiger partial charge in [-0.05, 0) is 49.9 Å². The number of hydrogen-bond donors (Lipinski definition) is 2. The molecular formula is C19H20FN5O2. The molecule has 1 aliphatic heterocycles. The average Bonchev–Trinajstić information content (AvgIpc) is 3.10. The van der Waals surface area contributed by atoms with Crippen molar-refractivity contribution in [3.8, 4) is 11.4 Å². The van der Waals surface area contributed by atoms with Crippen molar-refractivity contribution in [2.75, 3.05) is 0 Å². The summed E-state index contributed by atoms with van der Waals surface area (Å²) in [5.74, 6) is 0.0745. The number of aromatic nitrogens is 3. The van der Waals surface area contributed by atoms with E-state index in [1.807, 2.05) is 0 Å². The smallest absolute Gasteiger partial charge is 0.324 e. The Morgan fingerprint density at radius 2 is 1.85 bits per heavy atom. The van der Waals surface area contributed by atoms with E-state index < -0.39 is 6.03 Å². The number of amides is 3. The number of urea groups is 1. The molecule has 7 nitrogen and oxygen atoms in total. The number of nitrogens with one attached hydrogen (secondary N) is 2. The van der Waals surface area contributed by atoms with Gasteiger partial charge in [-0.3, -0.25) is 14.8 Å². The van der Waals surface area contributed by atoms with Crippen LogP contribution in [0.5, 0.6) is 0 Å². The molecule has 0 bridgehead atoms. The molecule has 0 radical (unpaired) electrons. The van der Waals surface area contributed by atoms with Gasteiger partial charge < -0.3 is 5.32 Å². The Kier molecular flexibility index (Phi) is 4.70. The van der Waals surface area contributed by atoms with Crippen LogP contribution in [0.15, 0.2) is 36.4 Å². The van der Waals surface area contributed by atoms with Crippen LogP contribution in [-0.2, 0) is 11.3 Å². The lowest BCUT2D eigenvalue weighted by Gasteiger charge is -2.37.